The lowest BCUT2D eigenvalue weighted by atomic mass is 9.56. The van der Waals surface area contributed by atoms with Gasteiger partial charge >= 0.3 is 0 Å². The van der Waals surface area contributed by atoms with Gasteiger partial charge in [-0.2, -0.15) is 0 Å². The number of halogens is 2. The zero-order valence-corrected chi connectivity index (χ0v) is 14.2. The van der Waals surface area contributed by atoms with Gasteiger partial charge in [0, 0.05) is 9.65 Å². The molecule has 6 unspecified atom stereocenters. The predicted octanol–water partition coefficient (Wildman–Crippen LogP) is 5.39. The van der Waals surface area contributed by atoms with Crippen LogP contribution in [0.25, 0.3) is 0 Å². The van der Waals surface area contributed by atoms with Gasteiger partial charge in [-0.3, -0.25) is 0 Å². The first kappa shape index (κ1) is 12.7. The molecule has 0 aromatic heterocycles. The topological polar surface area (TPSA) is 0 Å². The molecule has 0 radical (unpaired) electrons. The van der Waals surface area contributed by atoms with E-state index in [1.54, 1.807) is 12.8 Å². The molecule has 4 aliphatic rings. The summed E-state index contributed by atoms with van der Waals surface area (Å²) in [6.45, 7) is 0. The Morgan fingerprint density at radius 1 is 0.556 bits per heavy atom. The van der Waals surface area contributed by atoms with Gasteiger partial charge in [0.1, 0.15) is 0 Å². The zero-order valence-electron chi connectivity index (χ0n) is 11.0. The summed E-state index contributed by atoms with van der Waals surface area (Å²) in [5.74, 6) is 6.34. The van der Waals surface area contributed by atoms with Crippen molar-refractivity contribution in [1.29, 1.82) is 0 Å². The maximum atomic E-state index is 4.03. The number of hydrogen-bond acceptors (Lipinski definition) is 0. The Labute approximate surface area is 128 Å². The highest BCUT2D eigenvalue weighted by Crippen LogP contribution is 2.63. The van der Waals surface area contributed by atoms with E-state index in [0.717, 1.165) is 45.2 Å². The molecule has 0 aromatic rings. The molecule has 0 aromatic carbocycles. The molecule has 0 amide bonds. The summed E-state index contributed by atoms with van der Waals surface area (Å²) in [7, 11) is 0. The average Bonchev–Trinajstić information content (AvgIpc) is 2.57. The average molecular weight is 376 g/mol. The van der Waals surface area contributed by atoms with Crippen LogP contribution in [0.5, 0.6) is 0 Å². The molecule has 0 nitrogen and oxygen atoms in total. The van der Waals surface area contributed by atoms with Crippen molar-refractivity contribution >= 4 is 31.9 Å². The van der Waals surface area contributed by atoms with Crippen molar-refractivity contribution in [2.75, 3.05) is 0 Å². The number of rotatable bonds is 0. The quantitative estimate of drug-likeness (QED) is 0.498. The highest BCUT2D eigenvalue weighted by Gasteiger charge is 2.57. The Morgan fingerprint density at radius 2 is 1.06 bits per heavy atom. The summed E-state index contributed by atoms with van der Waals surface area (Å²) in [6, 6.07) is 0. The second-order valence-corrected chi connectivity index (χ2v) is 9.45. The molecule has 102 valence electrons. The Hall–Kier alpha value is 0.960. The predicted molar refractivity (Wildman–Crippen MR) is 83.3 cm³/mol. The van der Waals surface area contributed by atoms with Gasteiger partial charge in [0.15, 0.2) is 0 Å². The summed E-state index contributed by atoms with van der Waals surface area (Å²) in [5.41, 5.74) is 0. The third-order valence-corrected chi connectivity index (χ3v) is 9.99. The Morgan fingerprint density at radius 3 is 1.56 bits per heavy atom. The van der Waals surface area contributed by atoms with Gasteiger partial charge in [0.2, 0.25) is 0 Å². The maximum Gasteiger partial charge on any atom is 0.0304 e. The zero-order chi connectivity index (χ0) is 12.3. The lowest BCUT2D eigenvalue weighted by molar-refractivity contribution is 0.00223. The molecule has 18 heavy (non-hydrogen) atoms. The summed E-state index contributed by atoms with van der Waals surface area (Å²) in [5, 5.41) is 0. The van der Waals surface area contributed by atoms with Gasteiger partial charge in [0.25, 0.3) is 0 Å². The second-order valence-electron chi connectivity index (χ2n) is 7.33. The van der Waals surface area contributed by atoms with Gasteiger partial charge in [-0.25, -0.2) is 0 Å². The van der Waals surface area contributed by atoms with Gasteiger partial charge in [-0.1, -0.05) is 57.5 Å². The standard InChI is InChI=1S/C16H24Br2/c17-15-11-7-5-9-3-1-2-4-10-6-8-12(16(15)18)14(11)13(9)10/h9-16H,1-8H2. The van der Waals surface area contributed by atoms with Crippen LogP contribution in [0, 0.1) is 35.5 Å². The number of hydrogen-bond donors (Lipinski definition) is 0. The molecule has 4 aliphatic carbocycles. The van der Waals surface area contributed by atoms with Crippen molar-refractivity contribution in [2.24, 2.45) is 35.5 Å². The highest BCUT2D eigenvalue weighted by molar-refractivity contribution is 9.12. The van der Waals surface area contributed by atoms with Crippen molar-refractivity contribution in [3.63, 3.8) is 0 Å². The van der Waals surface area contributed by atoms with Gasteiger partial charge in [-0.05, 0) is 61.2 Å². The molecule has 0 spiro atoms. The first-order valence-electron chi connectivity index (χ1n) is 8.05. The van der Waals surface area contributed by atoms with E-state index >= 15 is 0 Å². The summed E-state index contributed by atoms with van der Waals surface area (Å²) < 4.78 is 0. The van der Waals surface area contributed by atoms with E-state index in [0.29, 0.717) is 0 Å². The van der Waals surface area contributed by atoms with Crippen LogP contribution in [0.15, 0.2) is 0 Å². The minimum atomic E-state index is 0.760. The van der Waals surface area contributed by atoms with Crippen molar-refractivity contribution in [2.45, 2.75) is 61.0 Å². The third kappa shape index (κ3) is 1.73. The molecular formula is C16H24Br2. The largest absolute Gasteiger partial charge is 0.0875 e. The van der Waals surface area contributed by atoms with E-state index in [-0.39, 0.29) is 0 Å². The minimum Gasteiger partial charge on any atom is -0.0875 e. The van der Waals surface area contributed by atoms with Crippen LogP contribution in [0.4, 0.5) is 0 Å². The molecule has 2 heteroatoms. The van der Waals surface area contributed by atoms with Crippen molar-refractivity contribution < 1.29 is 0 Å². The van der Waals surface area contributed by atoms with Gasteiger partial charge < -0.3 is 0 Å². The van der Waals surface area contributed by atoms with Crippen molar-refractivity contribution in [3.05, 3.63) is 0 Å². The molecule has 0 heterocycles. The second kappa shape index (κ2) is 4.76. The first-order chi connectivity index (χ1) is 8.77. The van der Waals surface area contributed by atoms with E-state index in [2.05, 4.69) is 31.9 Å². The lowest BCUT2D eigenvalue weighted by Crippen LogP contribution is -2.43. The lowest BCUT2D eigenvalue weighted by Gasteiger charge is -2.49. The van der Waals surface area contributed by atoms with E-state index in [1.807, 2.05) is 0 Å². The minimum absolute atomic E-state index is 0.760. The fourth-order valence-corrected chi connectivity index (χ4v) is 8.20. The van der Waals surface area contributed by atoms with Crippen molar-refractivity contribution in [1.82, 2.24) is 0 Å². The molecule has 0 saturated heterocycles. The molecule has 6 atom stereocenters. The van der Waals surface area contributed by atoms with E-state index in [9.17, 15) is 0 Å². The van der Waals surface area contributed by atoms with Crippen LogP contribution >= 0.6 is 31.9 Å². The molecule has 4 saturated carbocycles. The monoisotopic (exact) mass is 374 g/mol. The molecule has 0 N–H and O–H groups in total. The van der Waals surface area contributed by atoms with Crippen LogP contribution in [-0.4, -0.2) is 9.65 Å². The van der Waals surface area contributed by atoms with Crippen LogP contribution in [-0.2, 0) is 0 Å². The Balaban J connectivity index is 1.70. The Kier molecular flexibility index (Phi) is 3.35. The van der Waals surface area contributed by atoms with Gasteiger partial charge in [0.05, 0.1) is 0 Å². The van der Waals surface area contributed by atoms with Crippen LogP contribution in [0.1, 0.15) is 51.4 Å². The van der Waals surface area contributed by atoms with E-state index < -0.39 is 0 Å². The summed E-state index contributed by atoms with van der Waals surface area (Å²) in [6.07, 6.45) is 12.2. The molecule has 0 aliphatic heterocycles. The SMILES string of the molecule is BrC1C(Br)C2CCC3CCCCC4CCC1C2C43. The van der Waals surface area contributed by atoms with Gasteiger partial charge in [-0.15, -0.1) is 0 Å². The Bertz CT molecular complexity index is 299. The smallest absolute Gasteiger partial charge is 0.0304 e. The number of alkyl halides is 2. The van der Waals surface area contributed by atoms with Crippen LogP contribution in [0.2, 0.25) is 0 Å². The summed E-state index contributed by atoms with van der Waals surface area (Å²) >= 11 is 8.07. The maximum absolute atomic E-state index is 4.03. The van der Waals surface area contributed by atoms with E-state index in [4.69, 9.17) is 0 Å². The normalized spacial score (nSPS) is 59.0. The van der Waals surface area contributed by atoms with Crippen molar-refractivity contribution in [3.8, 4) is 0 Å². The summed E-state index contributed by atoms with van der Waals surface area (Å²) in [4.78, 5) is 1.52. The third-order valence-electron chi connectivity index (χ3n) is 6.79. The van der Waals surface area contributed by atoms with Crippen LogP contribution in [0.3, 0.4) is 0 Å². The fourth-order valence-electron chi connectivity index (χ4n) is 6.19. The fraction of sp³-hybridized carbons (Fsp3) is 1.00. The molecule has 0 bridgehead atoms. The molecule has 4 fully saturated rings. The molecular weight excluding hydrogens is 352 g/mol. The first-order valence-corrected chi connectivity index (χ1v) is 9.88. The van der Waals surface area contributed by atoms with Crippen LogP contribution < -0.4 is 0 Å². The highest BCUT2D eigenvalue weighted by atomic mass is 79.9. The molecule has 4 rings (SSSR count). The van der Waals surface area contributed by atoms with E-state index in [1.165, 1.54) is 38.5 Å².